The van der Waals surface area contributed by atoms with E-state index >= 15 is 0 Å². The first kappa shape index (κ1) is 11.7. The molecule has 0 bridgehead atoms. The first-order valence-corrected chi connectivity index (χ1v) is 6.08. The van der Waals surface area contributed by atoms with E-state index in [1.54, 1.807) is 18.3 Å². The van der Waals surface area contributed by atoms with Crippen molar-refractivity contribution in [3.05, 3.63) is 53.3 Å². The van der Waals surface area contributed by atoms with E-state index < -0.39 is 0 Å². The number of carbonyl (C=O) groups excluding carboxylic acids is 1. The molecule has 0 radical (unpaired) electrons. The van der Waals surface area contributed by atoms with Gasteiger partial charge < -0.3 is 9.47 Å². The van der Waals surface area contributed by atoms with Crippen LogP contribution in [0.3, 0.4) is 0 Å². The summed E-state index contributed by atoms with van der Waals surface area (Å²) in [5.41, 5.74) is 2.17. The molecule has 0 saturated carbocycles. The number of methoxy groups -OCH3 is 1. The molecule has 0 saturated heterocycles. The van der Waals surface area contributed by atoms with E-state index in [2.05, 4.69) is 4.98 Å². The maximum atomic E-state index is 12.6. The summed E-state index contributed by atoms with van der Waals surface area (Å²) in [6, 6.07) is 7.32. The number of hydrogen-bond donors (Lipinski definition) is 0. The van der Waals surface area contributed by atoms with Crippen LogP contribution in [0.25, 0.3) is 0 Å². The lowest BCUT2D eigenvalue weighted by Crippen LogP contribution is -2.06. The molecule has 19 heavy (non-hydrogen) atoms. The average Bonchev–Trinajstić information content (AvgIpc) is 2.94. The van der Waals surface area contributed by atoms with Gasteiger partial charge in [-0.25, -0.2) is 0 Å². The Morgan fingerprint density at radius 1 is 1.32 bits per heavy atom. The average molecular weight is 255 g/mol. The Morgan fingerprint density at radius 3 is 3.05 bits per heavy atom. The molecular weight excluding hydrogens is 242 g/mol. The maximum absolute atomic E-state index is 12.6. The molecule has 2 aromatic rings. The third-order valence-electron chi connectivity index (χ3n) is 3.21. The van der Waals surface area contributed by atoms with Gasteiger partial charge in [0, 0.05) is 12.6 Å². The van der Waals surface area contributed by atoms with Gasteiger partial charge in [0.15, 0.2) is 0 Å². The van der Waals surface area contributed by atoms with Gasteiger partial charge in [-0.1, -0.05) is 12.1 Å². The second kappa shape index (κ2) is 4.72. The van der Waals surface area contributed by atoms with Gasteiger partial charge in [0.25, 0.3) is 0 Å². The van der Waals surface area contributed by atoms with E-state index in [0.29, 0.717) is 29.2 Å². The van der Waals surface area contributed by atoms with Gasteiger partial charge in [-0.15, -0.1) is 0 Å². The zero-order chi connectivity index (χ0) is 13.2. The van der Waals surface area contributed by atoms with Crippen molar-refractivity contribution >= 4 is 5.78 Å². The van der Waals surface area contributed by atoms with Gasteiger partial charge in [0.05, 0.1) is 31.0 Å². The van der Waals surface area contributed by atoms with E-state index in [1.807, 2.05) is 12.1 Å². The molecule has 96 valence electrons. The van der Waals surface area contributed by atoms with Crippen molar-refractivity contribution in [1.29, 1.82) is 0 Å². The molecule has 0 fully saturated rings. The Bertz CT molecular complexity index is 637. The van der Waals surface area contributed by atoms with Crippen LogP contribution >= 0.6 is 0 Å². The Kier molecular flexibility index (Phi) is 2.91. The van der Waals surface area contributed by atoms with Crippen LogP contribution in [0, 0.1) is 0 Å². The van der Waals surface area contributed by atoms with Gasteiger partial charge in [-0.3, -0.25) is 9.78 Å². The molecule has 0 aliphatic carbocycles. The molecule has 3 rings (SSSR count). The highest BCUT2D eigenvalue weighted by Gasteiger charge is 2.23. The third kappa shape index (κ3) is 1.95. The lowest BCUT2D eigenvalue weighted by molar-refractivity contribution is 0.103. The summed E-state index contributed by atoms with van der Waals surface area (Å²) in [6.07, 6.45) is 3.97. The Hall–Kier alpha value is -2.36. The van der Waals surface area contributed by atoms with Crippen molar-refractivity contribution in [2.24, 2.45) is 0 Å². The number of nitrogens with zero attached hydrogens (tertiary/aromatic N) is 1. The highest BCUT2D eigenvalue weighted by Crippen LogP contribution is 2.32. The summed E-state index contributed by atoms with van der Waals surface area (Å²) in [5, 5.41) is 0. The van der Waals surface area contributed by atoms with Gasteiger partial charge in [-0.2, -0.15) is 0 Å². The molecule has 1 aliphatic heterocycles. The van der Waals surface area contributed by atoms with Crippen LogP contribution < -0.4 is 9.47 Å². The molecule has 1 aromatic heterocycles. The molecule has 2 heterocycles. The number of benzene rings is 1. The van der Waals surface area contributed by atoms with Crippen molar-refractivity contribution in [2.75, 3.05) is 13.7 Å². The summed E-state index contributed by atoms with van der Waals surface area (Å²) < 4.78 is 10.8. The molecule has 1 aromatic carbocycles. The molecule has 0 unspecified atom stereocenters. The monoisotopic (exact) mass is 255 g/mol. The number of pyridine rings is 1. The summed E-state index contributed by atoms with van der Waals surface area (Å²) >= 11 is 0. The van der Waals surface area contributed by atoms with Crippen LogP contribution in [-0.4, -0.2) is 24.5 Å². The fourth-order valence-corrected chi connectivity index (χ4v) is 2.27. The fraction of sp³-hybridized carbons (Fsp3) is 0.200. The number of ketones is 1. The highest BCUT2D eigenvalue weighted by molar-refractivity contribution is 6.12. The molecule has 0 atom stereocenters. The summed E-state index contributed by atoms with van der Waals surface area (Å²) in [4.78, 5) is 16.6. The van der Waals surface area contributed by atoms with Crippen molar-refractivity contribution in [3.8, 4) is 11.5 Å². The summed E-state index contributed by atoms with van der Waals surface area (Å²) in [5.74, 6) is 1.08. The van der Waals surface area contributed by atoms with Crippen LogP contribution in [0.1, 0.15) is 21.5 Å². The Labute approximate surface area is 111 Å². The molecule has 0 amide bonds. The number of ether oxygens (including phenoxy) is 2. The van der Waals surface area contributed by atoms with Gasteiger partial charge in [0.1, 0.15) is 11.5 Å². The number of para-hydroxylation sites is 1. The van der Waals surface area contributed by atoms with Crippen LogP contribution in [-0.2, 0) is 6.42 Å². The number of rotatable bonds is 3. The topological polar surface area (TPSA) is 48.4 Å². The molecular formula is C15H13NO3. The zero-order valence-corrected chi connectivity index (χ0v) is 10.6. The summed E-state index contributed by atoms with van der Waals surface area (Å²) in [7, 11) is 1.53. The van der Waals surface area contributed by atoms with E-state index in [1.165, 1.54) is 13.3 Å². The van der Waals surface area contributed by atoms with Crippen LogP contribution in [0.5, 0.6) is 11.5 Å². The number of fused-ring (bicyclic) bond motifs is 1. The standard InChI is InChI=1S/C15H13NO3/c1-18-13-9-16-7-5-11(13)14(17)12-4-2-3-10-6-8-19-15(10)12/h2-5,7,9H,6,8H2,1H3. The van der Waals surface area contributed by atoms with Crippen molar-refractivity contribution in [1.82, 2.24) is 4.98 Å². The molecule has 4 heteroatoms. The molecule has 0 N–H and O–H groups in total. The molecule has 0 spiro atoms. The van der Waals surface area contributed by atoms with Crippen LogP contribution in [0.2, 0.25) is 0 Å². The highest BCUT2D eigenvalue weighted by atomic mass is 16.5. The van der Waals surface area contributed by atoms with Gasteiger partial charge in [-0.05, 0) is 17.7 Å². The van der Waals surface area contributed by atoms with E-state index in [-0.39, 0.29) is 5.78 Å². The summed E-state index contributed by atoms with van der Waals surface area (Å²) in [6.45, 7) is 0.632. The smallest absolute Gasteiger partial charge is 0.200 e. The minimum absolute atomic E-state index is 0.0991. The lowest BCUT2D eigenvalue weighted by atomic mass is 10.00. The second-order valence-corrected chi connectivity index (χ2v) is 4.30. The van der Waals surface area contributed by atoms with Crippen molar-refractivity contribution in [3.63, 3.8) is 0 Å². The minimum atomic E-state index is -0.0991. The van der Waals surface area contributed by atoms with Crippen LogP contribution in [0.4, 0.5) is 0 Å². The van der Waals surface area contributed by atoms with Crippen LogP contribution in [0.15, 0.2) is 36.7 Å². The van der Waals surface area contributed by atoms with Gasteiger partial charge in [0.2, 0.25) is 5.78 Å². The van der Waals surface area contributed by atoms with Gasteiger partial charge >= 0.3 is 0 Å². The second-order valence-electron chi connectivity index (χ2n) is 4.30. The van der Waals surface area contributed by atoms with E-state index in [9.17, 15) is 4.79 Å². The fourth-order valence-electron chi connectivity index (χ4n) is 2.27. The molecule has 4 nitrogen and oxygen atoms in total. The van der Waals surface area contributed by atoms with Crippen molar-refractivity contribution in [2.45, 2.75) is 6.42 Å². The Balaban J connectivity index is 2.08. The number of hydrogen-bond acceptors (Lipinski definition) is 4. The number of aromatic nitrogens is 1. The minimum Gasteiger partial charge on any atom is -0.494 e. The normalized spacial score (nSPS) is 12.7. The third-order valence-corrected chi connectivity index (χ3v) is 3.21. The van der Waals surface area contributed by atoms with Crippen molar-refractivity contribution < 1.29 is 14.3 Å². The molecule has 1 aliphatic rings. The SMILES string of the molecule is COc1cnccc1C(=O)c1cccc2c1OCC2. The predicted molar refractivity (Wildman–Crippen MR) is 69.9 cm³/mol. The first-order chi connectivity index (χ1) is 9.31. The zero-order valence-electron chi connectivity index (χ0n) is 10.6. The number of carbonyl (C=O) groups is 1. The Morgan fingerprint density at radius 2 is 2.21 bits per heavy atom. The first-order valence-electron chi connectivity index (χ1n) is 6.08. The predicted octanol–water partition coefficient (Wildman–Crippen LogP) is 2.26. The lowest BCUT2D eigenvalue weighted by Gasteiger charge is -2.09. The largest absolute Gasteiger partial charge is 0.494 e. The maximum Gasteiger partial charge on any atom is 0.200 e. The van der Waals surface area contributed by atoms with E-state index in [4.69, 9.17) is 9.47 Å². The quantitative estimate of drug-likeness (QED) is 0.789. The van der Waals surface area contributed by atoms with E-state index in [0.717, 1.165) is 12.0 Å².